The van der Waals surface area contributed by atoms with E-state index in [0.29, 0.717) is 18.0 Å². The van der Waals surface area contributed by atoms with E-state index in [1.165, 1.54) is 7.11 Å². The highest BCUT2D eigenvalue weighted by atomic mass is 32.1. The molecule has 1 aromatic carbocycles. The van der Waals surface area contributed by atoms with Gasteiger partial charge in [-0.05, 0) is 30.5 Å². The summed E-state index contributed by atoms with van der Waals surface area (Å²) in [6.07, 6.45) is 1.89. The number of anilines is 1. The topological polar surface area (TPSA) is 59.5 Å². The number of hydrogen-bond donors (Lipinski definition) is 0. The molecule has 2 heterocycles. The smallest absolute Gasteiger partial charge is 0.338 e. The highest BCUT2D eigenvalue weighted by Gasteiger charge is 2.26. The highest BCUT2D eigenvalue weighted by molar-refractivity contribution is 7.09. The normalized spacial score (nSPS) is 13.7. The molecule has 1 amide bonds. The fourth-order valence-electron chi connectivity index (χ4n) is 3.10. The molecule has 0 saturated heterocycles. The fraction of sp³-hybridized carbons (Fsp3) is 0.421. The summed E-state index contributed by atoms with van der Waals surface area (Å²) >= 11 is 1.60. The molecular weight excluding hydrogens is 336 g/mol. The maximum Gasteiger partial charge on any atom is 0.338 e. The Bertz CT molecular complexity index is 798. The van der Waals surface area contributed by atoms with Gasteiger partial charge < -0.3 is 9.64 Å². The third-order valence-corrected chi connectivity index (χ3v) is 5.55. The summed E-state index contributed by atoms with van der Waals surface area (Å²) in [4.78, 5) is 31.2. The second kappa shape index (κ2) is 7.35. The van der Waals surface area contributed by atoms with Crippen LogP contribution in [0, 0.1) is 0 Å². The summed E-state index contributed by atoms with van der Waals surface area (Å²) in [5.74, 6) is 0.0305. The van der Waals surface area contributed by atoms with E-state index in [1.54, 1.807) is 28.4 Å². The van der Waals surface area contributed by atoms with Gasteiger partial charge in [-0.3, -0.25) is 4.79 Å². The van der Waals surface area contributed by atoms with Crippen LogP contribution in [0.2, 0.25) is 0 Å². The first-order valence-electron chi connectivity index (χ1n) is 8.46. The van der Waals surface area contributed by atoms with Crippen LogP contribution in [-0.4, -0.2) is 30.5 Å². The first-order chi connectivity index (χ1) is 12.0. The minimum absolute atomic E-state index is 0.0172. The molecule has 3 rings (SSSR count). The Morgan fingerprint density at radius 2 is 2.16 bits per heavy atom. The number of fused-ring (bicyclic) bond motifs is 1. The number of ether oxygens (including phenoxy) is 1. The van der Waals surface area contributed by atoms with E-state index in [1.807, 2.05) is 11.4 Å². The van der Waals surface area contributed by atoms with Gasteiger partial charge in [-0.2, -0.15) is 0 Å². The molecule has 0 spiro atoms. The van der Waals surface area contributed by atoms with Crippen LogP contribution in [-0.2, 0) is 22.4 Å². The van der Waals surface area contributed by atoms with Gasteiger partial charge in [0.05, 0.1) is 29.8 Å². The number of nitrogens with zero attached hydrogens (tertiary/aromatic N) is 2. The van der Waals surface area contributed by atoms with Gasteiger partial charge in [-0.1, -0.05) is 19.9 Å². The Morgan fingerprint density at radius 3 is 2.84 bits per heavy atom. The van der Waals surface area contributed by atoms with Gasteiger partial charge in [0.2, 0.25) is 5.91 Å². The van der Waals surface area contributed by atoms with E-state index in [0.717, 1.165) is 34.8 Å². The number of amides is 1. The molecule has 1 aromatic heterocycles. The number of thiazole rings is 1. The fourth-order valence-corrected chi connectivity index (χ4v) is 3.94. The molecule has 0 unspecified atom stereocenters. The van der Waals surface area contributed by atoms with Gasteiger partial charge >= 0.3 is 5.97 Å². The maximum absolute atomic E-state index is 12.8. The summed E-state index contributed by atoms with van der Waals surface area (Å²) in [5, 5.41) is 3.01. The summed E-state index contributed by atoms with van der Waals surface area (Å²) in [6, 6.07) is 5.46. The largest absolute Gasteiger partial charge is 0.465 e. The summed E-state index contributed by atoms with van der Waals surface area (Å²) < 4.78 is 4.87. The average molecular weight is 358 g/mol. The van der Waals surface area contributed by atoms with Crippen molar-refractivity contribution in [2.75, 3.05) is 18.6 Å². The molecule has 2 aromatic rings. The van der Waals surface area contributed by atoms with Gasteiger partial charge in [0.1, 0.15) is 0 Å². The van der Waals surface area contributed by atoms with E-state index < -0.39 is 0 Å². The molecule has 0 N–H and O–H groups in total. The van der Waals surface area contributed by atoms with Crippen LogP contribution in [0.25, 0.3) is 0 Å². The molecule has 6 heteroatoms. The second-order valence-electron chi connectivity index (χ2n) is 6.45. The number of esters is 1. The zero-order valence-electron chi connectivity index (χ0n) is 14.7. The number of carbonyl (C=O) groups excluding carboxylic acids is 2. The number of benzene rings is 1. The lowest BCUT2D eigenvalue weighted by molar-refractivity contribution is -0.118. The maximum atomic E-state index is 12.8. The molecule has 1 aliphatic heterocycles. The van der Waals surface area contributed by atoms with Crippen molar-refractivity contribution in [2.24, 2.45) is 0 Å². The molecule has 0 saturated carbocycles. The van der Waals surface area contributed by atoms with Gasteiger partial charge in [-0.15, -0.1) is 11.3 Å². The summed E-state index contributed by atoms with van der Waals surface area (Å²) in [6.45, 7) is 4.86. The van der Waals surface area contributed by atoms with Gasteiger partial charge in [-0.25, -0.2) is 9.78 Å². The van der Waals surface area contributed by atoms with E-state index in [4.69, 9.17) is 4.74 Å². The zero-order valence-corrected chi connectivity index (χ0v) is 15.6. The van der Waals surface area contributed by atoms with Crippen molar-refractivity contribution in [2.45, 2.75) is 39.0 Å². The Labute approximate surface area is 151 Å². The molecular formula is C19H22N2O3S. The van der Waals surface area contributed by atoms with Crippen LogP contribution >= 0.6 is 11.3 Å². The molecule has 1 aliphatic rings. The molecule has 0 radical (unpaired) electrons. The van der Waals surface area contributed by atoms with Crippen LogP contribution in [0.4, 0.5) is 5.69 Å². The van der Waals surface area contributed by atoms with Crippen LogP contribution in [0.5, 0.6) is 0 Å². The Kier molecular flexibility index (Phi) is 5.18. The van der Waals surface area contributed by atoms with Gasteiger partial charge in [0.25, 0.3) is 0 Å². The van der Waals surface area contributed by atoms with E-state index in [-0.39, 0.29) is 18.3 Å². The van der Waals surface area contributed by atoms with Crippen LogP contribution in [0.1, 0.15) is 52.8 Å². The molecule has 0 atom stereocenters. The third-order valence-electron chi connectivity index (χ3n) is 4.35. The summed E-state index contributed by atoms with van der Waals surface area (Å²) in [7, 11) is 1.38. The third kappa shape index (κ3) is 3.58. The van der Waals surface area contributed by atoms with Crippen molar-refractivity contribution in [1.29, 1.82) is 0 Å². The van der Waals surface area contributed by atoms with Crippen molar-refractivity contribution in [1.82, 2.24) is 4.98 Å². The van der Waals surface area contributed by atoms with E-state index in [9.17, 15) is 9.59 Å². The first-order valence-corrected chi connectivity index (χ1v) is 9.34. The molecule has 132 valence electrons. The number of carbonyl (C=O) groups is 2. The van der Waals surface area contributed by atoms with Crippen LogP contribution in [0.3, 0.4) is 0 Å². The number of methoxy groups -OCH3 is 1. The average Bonchev–Trinajstić information content (AvgIpc) is 3.08. The highest BCUT2D eigenvalue weighted by Crippen LogP contribution is 2.31. The molecule has 5 nitrogen and oxygen atoms in total. The number of rotatable bonds is 4. The second-order valence-corrected chi connectivity index (χ2v) is 7.34. The van der Waals surface area contributed by atoms with Crippen molar-refractivity contribution < 1.29 is 14.3 Å². The number of hydrogen-bond acceptors (Lipinski definition) is 5. The lowest BCUT2D eigenvalue weighted by atomic mass is 9.96. The van der Waals surface area contributed by atoms with Crippen molar-refractivity contribution >= 4 is 28.9 Å². The first kappa shape index (κ1) is 17.6. The minimum atomic E-state index is -0.354. The Morgan fingerprint density at radius 1 is 1.36 bits per heavy atom. The predicted molar refractivity (Wildman–Crippen MR) is 98.4 cm³/mol. The summed E-state index contributed by atoms with van der Waals surface area (Å²) in [5.41, 5.74) is 3.08. The van der Waals surface area contributed by atoms with Gasteiger partial charge in [0.15, 0.2) is 0 Å². The molecule has 0 fully saturated rings. The Hall–Kier alpha value is -2.21. The lowest BCUT2D eigenvalue weighted by Gasteiger charge is -2.30. The minimum Gasteiger partial charge on any atom is -0.465 e. The van der Waals surface area contributed by atoms with E-state index in [2.05, 4.69) is 18.8 Å². The SMILES string of the molecule is COC(=O)c1cccc2c1CCCN2C(=O)Cc1csc(C(C)C)n1. The van der Waals surface area contributed by atoms with Gasteiger partial charge in [0, 0.05) is 23.5 Å². The van der Waals surface area contributed by atoms with Crippen LogP contribution < -0.4 is 4.90 Å². The van der Waals surface area contributed by atoms with Crippen molar-refractivity contribution in [3.63, 3.8) is 0 Å². The molecule has 25 heavy (non-hydrogen) atoms. The monoisotopic (exact) mass is 358 g/mol. The standard InChI is InChI=1S/C19H22N2O3S/c1-12(2)18-20-13(11-25-18)10-17(22)21-9-5-7-14-15(19(23)24-3)6-4-8-16(14)21/h4,6,8,11-12H,5,7,9-10H2,1-3H3. The zero-order chi connectivity index (χ0) is 18.0. The van der Waals surface area contributed by atoms with Crippen molar-refractivity contribution in [3.05, 3.63) is 45.4 Å². The van der Waals surface area contributed by atoms with Crippen LogP contribution in [0.15, 0.2) is 23.6 Å². The predicted octanol–water partition coefficient (Wildman–Crippen LogP) is 3.58. The molecule has 0 aliphatic carbocycles. The Balaban J connectivity index is 1.84. The van der Waals surface area contributed by atoms with Crippen molar-refractivity contribution in [3.8, 4) is 0 Å². The lowest BCUT2D eigenvalue weighted by Crippen LogP contribution is -2.37. The quantitative estimate of drug-likeness (QED) is 0.784. The van der Waals surface area contributed by atoms with E-state index >= 15 is 0 Å². The number of aromatic nitrogens is 1. The molecule has 0 bridgehead atoms.